The van der Waals surface area contributed by atoms with Crippen LogP contribution < -0.4 is 10.6 Å². The van der Waals surface area contributed by atoms with Crippen LogP contribution in [0, 0.1) is 5.41 Å². The van der Waals surface area contributed by atoms with Crippen molar-refractivity contribution in [3.63, 3.8) is 0 Å². The normalized spacial score (nSPS) is 24.2. The monoisotopic (exact) mass is 360 g/mol. The highest BCUT2D eigenvalue weighted by atomic mass is 16.5. The van der Waals surface area contributed by atoms with Crippen LogP contribution in [0.2, 0.25) is 0 Å². The molecule has 6 heteroatoms. The van der Waals surface area contributed by atoms with E-state index in [9.17, 15) is 9.59 Å². The van der Waals surface area contributed by atoms with Gasteiger partial charge in [-0.2, -0.15) is 0 Å². The molecule has 3 atom stereocenters. The molecule has 3 unspecified atom stereocenters. The lowest BCUT2D eigenvalue weighted by Gasteiger charge is -2.60. The van der Waals surface area contributed by atoms with Gasteiger partial charge in [0.05, 0.1) is 6.10 Å². The van der Waals surface area contributed by atoms with Crippen LogP contribution in [0.4, 0.5) is 4.79 Å². The van der Waals surface area contributed by atoms with Crippen molar-refractivity contribution in [3.05, 3.63) is 35.9 Å². The third-order valence-electron chi connectivity index (χ3n) is 6.03. The highest BCUT2D eigenvalue weighted by Gasteiger charge is 2.59. The number of carbonyl (C=O) groups is 2. The van der Waals surface area contributed by atoms with E-state index in [0.29, 0.717) is 12.8 Å². The van der Waals surface area contributed by atoms with Crippen molar-refractivity contribution in [2.24, 2.45) is 5.41 Å². The van der Waals surface area contributed by atoms with Gasteiger partial charge in [0, 0.05) is 31.0 Å². The summed E-state index contributed by atoms with van der Waals surface area (Å²) in [5.41, 5.74) is 1.20. The number of aliphatic carboxylic acids is 1. The number of nitrogens with one attached hydrogen (secondary N) is 2. The maximum atomic E-state index is 12.5. The van der Waals surface area contributed by atoms with E-state index in [-0.39, 0.29) is 36.1 Å². The number of rotatable bonds is 8. The number of hydrogen-bond acceptors (Lipinski definition) is 3. The molecule has 2 saturated carbocycles. The number of carboxylic acids is 1. The molecule has 0 saturated heterocycles. The summed E-state index contributed by atoms with van der Waals surface area (Å²) >= 11 is 0. The molecular weight excluding hydrogens is 332 g/mol. The lowest BCUT2D eigenvalue weighted by atomic mass is 9.51. The second-order valence-electron chi connectivity index (χ2n) is 7.54. The molecule has 1 spiro atoms. The Morgan fingerprint density at radius 3 is 2.62 bits per heavy atom. The van der Waals surface area contributed by atoms with Crippen molar-refractivity contribution < 1.29 is 19.4 Å². The summed E-state index contributed by atoms with van der Waals surface area (Å²) in [6.07, 6.45) is 5.56. The van der Waals surface area contributed by atoms with Crippen LogP contribution in [0.1, 0.15) is 44.1 Å². The summed E-state index contributed by atoms with van der Waals surface area (Å²) in [4.78, 5) is 23.4. The molecule has 3 N–H and O–H groups in total. The van der Waals surface area contributed by atoms with Crippen molar-refractivity contribution in [3.8, 4) is 0 Å². The quantitative estimate of drug-likeness (QED) is 0.665. The van der Waals surface area contributed by atoms with Gasteiger partial charge in [0.25, 0.3) is 0 Å². The molecular formula is C20H28N2O4. The van der Waals surface area contributed by atoms with Crippen LogP contribution in [-0.4, -0.2) is 42.4 Å². The zero-order chi connectivity index (χ0) is 18.6. The number of methoxy groups -OCH3 is 1. The smallest absolute Gasteiger partial charge is 0.315 e. The van der Waals surface area contributed by atoms with Gasteiger partial charge in [0.15, 0.2) is 0 Å². The lowest BCUT2D eigenvalue weighted by molar-refractivity contribution is -0.158. The molecule has 2 fully saturated rings. The van der Waals surface area contributed by atoms with Crippen LogP contribution in [0.25, 0.3) is 0 Å². The topological polar surface area (TPSA) is 87.7 Å². The zero-order valence-electron chi connectivity index (χ0n) is 15.2. The van der Waals surface area contributed by atoms with Gasteiger partial charge in [-0.1, -0.05) is 36.8 Å². The maximum absolute atomic E-state index is 12.5. The van der Waals surface area contributed by atoms with Crippen LogP contribution in [0.5, 0.6) is 0 Å². The molecule has 0 aromatic heterocycles. The molecule has 2 aliphatic rings. The largest absolute Gasteiger partial charge is 0.481 e. The van der Waals surface area contributed by atoms with Gasteiger partial charge in [-0.3, -0.25) is 4.79 Å². The first kappa shape index (κ1) is 18.7. The molecule has 3 rings (SSSR count). The first-order chi connectivity index (χ1) is 12.5. The van der Waals surface area contributed by atoms with Gasteiger partial charge in [-0.15, -0.1) is 0 Å². The average Bonchev–Trinajstić information content (AvgIpc) is 2.55. The van der Waals surface area contributed by atoms with Crippen molar-refractivity contribution in [1.29, 1.82) is 0 Å². The summed E-state index contributed by atoms with van der Waals surface area (Å²) in [5, 5.41) is 15.1. The Morgan fingerprint density at radius 2 is 2.04 bits per heavy atom. The van der Waals surface area contributed by atoms with E-state index in [4.69, 9.17) is 9.84 Å². The average molecular weight is 360 g/mol. The van der Waals surface area contributed by atoms with E-state index >= 15 is 0 Å². The van der Waals surface area contributed by atoms with Gasteiger partial charge in [-0.25, -0.2) is 4.79 Å². The number of amides is 2. The Hall–Kier alpha value is -2.08. The van der Waals surface area contributed by atoms with Gasteiger partial charge in [0.2, 0.25) is 0 Å². The molecule has 1 aromatic rings. The van der Waals surface area contributed by atoms with E-state index in [1.807, 2.05) is 30.3 Å². The second-order valence-corrected chi connectivity index (χ2v) is 7.54. The number of benzene rings is 1. The highest BCUT2D eigenvalue weighted by molar-refractivity contribution is 5.75. The van der Waals surface area contributed by atoms with Crippen molar-refractivity contribution >= 4 is 12.0 Å². The summed E-state index contributed by atoms with van der Waals surface area (Å²) in [6.45, 7) is 0. The van der Waals surface area contributed by atoms with E-state index < -0.39 is 5.97 Å². The second kappa shape index (κ2) is 8.08. The Bertz CT molecular complexity index is 630. The Kier molecular flexibility index (Phi) is 5.81. The minimum Gasteiger partial charge on any atom is -0.481 e. The standard InChI is InChI=1S/C20H28N2O4/c1-26-17-13-16(20(17)10-5-11-20)22-19(25)21-15(8-9-18(23)24)12-14-6-3-2-4-7-14/h2-4,6-7,15-17H,5,8-13H2,1H3,(H,23,24)(H2,21,22,25). The fourth-order valence-corrected chi connectivity index (χ4v) is 4.34. The number of urea groups is 1. The summed E-state index contributed by atoms with van der Waals surface area (Å²) < 4.78 is 5.54. The van der Waals surface area contributed by atoms with Crippen molar-refractivity contribution in [2.45, 2.75) is 63.1 Å². The lowest BCUT2D eigenvalue weighted by Crippen LogP contribution is -2.68. The molecule has 2 aliphatic carbocycles. The van der Waals surface area contributed by atoms with Crippen molar-refractivity contribution in [2.75, 3.05) is 7.11 Å². The van der Waals surface area contributed by atoms with Gasteiger partial charge < -0.3 is 20.5 Å². The van der Waals surface area contributed by atoms with Crippen molar-refractivity contribution in [1.82, 2.24) is 10.6 Å². The minimum atomic E-state index is -0.847. The fourth-order valence-electron chi connectivity index (χ4n) is 4.34. The Balaban J connectivity index is 1.55. The number of carbonyl (C=O) groups excluding carboxylic acids is 1. The Labute approximate surface area is 154 Å². The molecule has 142 valence electrons. The van der Waals surface area contributed by atoms with Crippen LogP contribution in [-0.2, 0) is 16.0 Å². The van der Waals surface area contributed by atoms with Gasteiger partial charge in [-0.05, 0) is 37.7 Å². The molecule has 1 aromatic carbocycles. The third kappa shape index (κ3) is 4.01. The SMILES string of the molecule is COC1CC(NC(=O)NC(CCC(=O)O)Cc2ccccc2)C12CCC2. The summed E-state index contributed by atoms with van der Waals surface area (Å²) in [6, 6.07) is 9.56. The van der Waals surface area contributed by atoms with Crippen LogP contribution in [0.3, 0.4) is 0 Å². The molecule has 0 bridgehead atoms. The van der Waals surface area contributed by atoms with E-state index in [0.717, 1.165) is 24.8 Å². The predicted molar refractivity (Wildman–Crippen MR) is 98.0 cm³/mol. The first-order valence-corrected chi connectivity index (χ1v) is 9.39. The first-order valence-electron chi connectivity index (χ1n) is 9.39. The predicted octanol–water partition coefficient (Wildman–Crippen LogP) is 2.72. The molecule has 6 nitrogen and oxygen atoms in total. The van der Waals surface area contributed by atoms with E-state index in [1.54, 1.807) is 7.11 Å². The summed E-state index contributed by atoms with van der Waals surface area (Å²) in [7, 11) is 1.74. The van der Waals surface area contributed by atoms with Gasteiger partial charge >= 0.3 is 12.0 Å². The Morgan fingerprint density at radius 1 is 1.31 bits per heavy atom. The minimum absolute atomic E-state index is 0.0386. The van der Waals surface area contributed by atoms with E-state index in [1.165, 1.54) is 6.42 Å². The zero-order valence-corrected chi connectivity index (χ0v) is 15.2. The number of hydrogen-bond donors (Lipinski definition) is 3. The number of ether oxygens (including phenoxy) is 1. The highest BCUT2D eigenvalue weighted by Crippen LogP contribution is 2.57. The van der Waals surface area contributed by atoms with Crippen LogP contribution >= 0.6 is 0 Å². The van der Waals surface area contributed by atoms with E-state index in [2.05, 4.69) is 10.6 Å². The molecule has 2 amide bonds. The van der Waals surface area contributed by atoms with Crippen LogP contribution in [0.15, 0.2) is 30.3 Å². The third-order valence-corrected chi connectivity index (χ3v) is 6.03. The summed E-state index contributed by atoms with van der Waals surface area (Å²) in [5.74, 6) is -0.847. The van der Waals surface area contributed by atoms with Gasteiger partial charge in [0.1, 0.15) is 0 Å². The maximum Gasteiger partial charge on any atom is 0.315 e. The molecule has 0 radical (unpaired) electrons. The fraction of sp³-hybridized carbons (Fsp3) is 0.600. The molecule has 26 heavy (non-hydrogen) atoms. The molecule has 0 aliphatic heterocycles. The molecule has 0 heterocycles. The number of carboxylic acid groups (broad SMARTS) is 1.